The summed E-state index contributed by atoms with van der Waals surface area (Å²) in [4.78, 5) is 22.7. The Morgan fingerprint density at radius 1 is 1.32 bits per heavy atom. The number of benzene rings is 1. The number of ether oxygens (including phenoxy) is 2. The zero-order valence-corrected chi connectivity index (χ0v) is 13.0. The minimum atomic E-state index is -0.428. The molecule has 1 aromatic carbocycles. The maximum absolute atomic E-state index is 11.7. The van der Waals surface area contributed by atoms with E-state index < -0.39 is 6.09 Å². The maximum Gasteiger partial charge on any atom is 0.407 e. The Hall–Kier alpha value is -2.04. The number of amides is 1. The first kappa shape index (κ1) is 16.3. The molecule has 1 amide bonds. The van der Waals surface area contributed by atoms with Gasteiger partial charge in [-0.2, -0.15) is 0 Å². The van der Waals surface area contributed by atoms with E-state index in [4.69, 9.17) is 9.47 Å². The number of Topliss-reactive ketones (excluding diaryl/α,β-unsaturated/α-hetero) is 1. The van der Waals surface area contributed by atoms with Crippen molar-refractivity contribution in [3.63, 3.8) is 0 Å². The molecule has 2 rings (SSSR count). The lowest BCUT2D eigenvalue weighted by atomic mass is 9.97. The number of hydrogen-bond acceptors (Lipinski definition) is 4. The Bertz CT molecular complexity index is 498. The highest BCUT2D eigenvalue weighted by atomic mass is 16.5. The zero-order valence-electron chi connectivity index (χ0n) is 13.0. The Balaban J connectivity index is 1.70. The van der Waals surface area contributed by atoms with Crippen molar-refractivity contribution >= 4 is 11.9 Å². The van der Waals surface area contributed by atoms with Gasteiger partial charge in [-0.25, -0.2) is 4.79 Å². The molecule has 120 valence electrons. The van der Waals surface area contributed by atoms with Gasteiger partial charge >= 0.3 is 6.09 Å². The van der Waals surface area contributed by atoms with E-state index >= 15 is 0 Å². The molecule has 5 nitrogen and oxygen atoms in total. The molecule has 0 radical (unpaired) electrons. The first-order valence-electron chi connectivity index (χ1n) is 7.84. The van der Waals surface area contributed by atoms with Crippen LogP contribution in [0.1, 0.15) is 31.7 Å². The van der Waals surface area contributed by atoms with Crippen LogP contribution in [-0.4, -0.2) is 31.6 Å². The molecule has 1 saturated carbocycles. The molecule has 1 fully saturated rings. The fourth-order valence-electron chi connectivity index (χ4n) is 2.61. The second-order valence-corrected chi connectivity index (χ2v) is 5.40. The molecule has 1 atom stereocenters. The van der Waals surface area contributed by atoms with Crippen LogP contribution in [0.15, 0.2) is 24.3 Å². The quantitative estimate of drug-likeness (QED) is 0.787. The Labute approximate surface area is 131 Å². The van der Waals surface area contributed by atoms with E-state index in [1.54, 1.807) is 6.92 Å². The molecular weight excluding hydrogens is 282 g/mol. The van der Waals surface area contributed by atoms with Gasteiger partial charge in [0, 0.05) is 12.3 Å². The normalized spacial score (nSPS) is 17.3. The van der Waals surface area contributed by atoms with Gasteiger partial charge in [0.05, 0.1) is 13.2 Å². The molecule has 0 bridgehead atoms. The summed E-state index contributed by atoms with van der Waals surface area (Å²) in [6.07, 6.45) is 3.17. The van der Waals surface area contributed by atoms with Crippen molar-refractivity contribution in [3.8, 4) is 5.75 Å². The molecule has 22 heavy (non-hydrogen) atoms. The lowest BCUT2D eigenvalue weighted by Gasteiger charge is -2.10. The first-order chi connectivity index (χ1) is 10.7. The van der Waals surface area contributed by atoms with Crippen LogP contribution in [0.3, 0.4) is 0 Å². The highest BCUT2D eigenvalue weighted by molar-refractivity contribution is 5.83. The van der Waals surface area contributed by atoms with Crippen LogP contribution in [0.25, 0.3) is 0 Å². The lowest BCUT2D eigenvalue weighted by molar-refractivity contribution is -0.120. The Kier molecular flexibility index (Phi) is 6.25. The van der Waals surface area contributed by atoms with Gasteiger partial charge in [-0.05, 0) is 43.9 Å². The van der Waals surface area contributed by atoms with Gasteiger partial charge in [0.2, 0.25) is 0 Å². The fourth-order valence-corrected chi connectivity index (χ4v) is 2.61. The van der Waals surface area contributed by atoms with E-state index in [-0.39, 0.29) is 5.92 Å². The number of hydrogen-bond donors (Lipinski definition) is 1. The second-order valence-electron chi connectivity index (χ2n) is 5.40. The topological polar surface area (TPSA) is 64.6 Å². The van der Waals surface area contributed by atoms with Crippen molar-refractivity contribution in [2.45, 2.75) is 32.6 Å². The predicted octanol–water partition coefficient (Wildman–Crippen LogP) is 2.72. The van der Waals surface area contributed by atoms with Gasteiger partial charge in [-0.15, -0.1) is 0 Å². The highest BCUT2D eigenvalue weighted by Crippen LogP contribution is 2.25. The van der Waals surface area contributed by atoms with Gasteiger partial charge in [0.25, 0.3) is 0 Å². The third-order valence-corrected chi connectivity index (χ3v) is 3.75. The van der Waals surface area contributed by atoms with Crippen LogP contribution < -0.4 is 10.1 Å². The summed E-state index contributed by atoms with van der Waals surface area (Å²) in [5, 5.41) is 2.59. The molecule has 0 saturated heterocycles. The molecule has 5 heteroatoms. The number of rotatable bonds is 7. The summed E-state index contributed by atoms with van der Waals surface area (Å²) >= 11 is 0. The molecular formula is C17H23NO4. The Morgan fingerprint density at radius 3 is 2.73 bits per heavy atom. The smallest absolute Gasteiger partial charge is 0.407 e. The van der Waals surface area contributed by atoms with Gasteiger partial charge in [-0.3, -0.25) is 4.79 Å². The van der Waals surface area contributed by atoms with E-state index in [1.807, 2.05) is 24.3 Å². The van der Waals surface area contributed by atoms with Crippen molar-refractivity contribution in [2.24, 2.45) is 5.92 Å². The van der Waals surface area contributed by atoms with Crippen molar-refractivity contribution in [1.29, 1.82) is 0 Å². The van der Waals surface area contributed by atoms with Crippen molar-refractivity contribution in [2.75, 3.05) is 19.8 Å². The van der Waals surface area contributed by atoms with Crippen molar-refractivity contribution in [1.82, 2.24) is 5.32 Å². The van der Waals surface area contributed by atoms with Gasteiger partial charge in [0.15, 0.2) is 0 Å². The highest BCUT2D eigenvalue weighted by Gasteiger charge is 2.24. The zero-order chi connectivity index (χ0) is 15.8. The number of alkyl carbamates (subject to hydrolysis) is 1. The van der Waals surface area contributed by atoms with Crippen LogP contribution in [-0.2, 0) is 16.0 Å². The molecule has 1 unspecified atom stereocenters. The molecule has 0 spiro atoms. The van der Waals surface area contributed by atoms with E-state index in [9.17, 15) is 9.59 Å². The lowest BCUT2D eigenvalue weighted by Crippen LogP contribution is -2.28. The monoisotopic (exact) mass is 305 g/mol. The van der Waals surface area contributed by atoms with E-state index in [1.165, 1.54) is 0 Å². The number of carbonyl (C=O) groups is 2. The fraction of sp³-hybridized carbons (Fsp3) is 0.529. The van der Waals surface area contributed by atoms with Gasteiger partial charge < -0.3 is 14.8 Å². The Morgan fingerprint density at radius 2 is 2.09 bits per heavy atom. The summed E-state index contributed by atoms with van der Waals surface area (Å²) < 4.78 is 10.3. The SMILES string of the molecule is CCOC(=O)NCCOc1ccc(CC2CCCC2=O)cc1. The summed E-state index contributed by atoms with van der Waals surface area (Å²) in [7, 11) is 0. The van der Waals surface area contributed by atoms with Gasteiger partial charge in [0.1, 0.15) is 18.1 Å². The van der Waals surface area contributed by atoms with Crippen LogP contribution >= 0.6 is 0 Å². The van der Waals surface area contributed by atoms with E-state index in [0.717, 1.165) is 37.0 Å². The minimum absolute atomic E-state index is 0.195. The molecule has 0 aromatic heterocycles. The van der Waals surface area contributed by atoms with Crippen LogP contribution in [0.5, 0.6) is 5.75 Å². The molecule has 0 heterocycles. The summed E-state index contributed by atoms with van der Waals surface area (Å²) in [6, 6.07) is 7.80. The molecule has 0 aliphatic heterocycles. The number of nitrogens with one attached hydrogen (secondary N) is 1. The third kappa shape index (κ3) is 5.06. The second kappa shape index (κ2) is 8.41. The van der Waals surface area contributed by atoms with E-state index in [0.29, 0.717) is 25.5 Å². The number of carbonyl (C=O) groups excluding carboxylic acids is 2. The average molecular weight is 305 g/mol. The van der Waals surface area contributed by atoms with Gasteiger partial charge in [-0.1, -0.05) is 12.1 Å². The van der Waals surface area contributed by atoms with Crippen molar-refractivity contribution < 1.29 is 19.1 Å². The summed E-state index contributed by atoms with van der Waals surface area (Å²) in [5.74, 6) is 1.35. The standard InChI is InChI=1S/C17H23NO4/c1-2-21-17(20)18-10-11-22-15-8-6-13(7-9-15)12-14-4-3-5-16(14)19/h6-9,14H,2-5,10-12H2,1H3,(H,18,20). The molecule has 1 aliphatic carbocycles. The molecule has 1 aromatic rings. The molecule has 1 aliphatic rings. The first-order valence-corrected chi connectivity index (χ1v) is 7.84. The summed E-state index contributed by atoms with van der Waals surface area (Å²) in [6.45, 7) is 2.91. The van der Waals surface area contributed by atoms with Crippen molar-refractivity contribution in [3.05, 3.63) is 29.8 Å². The third-order valence-electron chi connectivity index (χ3n) is 3.75. The number of ketones is 1. The average Bonchev–Trinajstić information content (AvgIpc) is 2.91. The van der Waals surface area contributed by atoms with E-state index in [2.05, 4.69) is 5.32 Å². The predicted molar refractivity (Wildman–Crippen MR) is 83.0 cm³/mol. The van der Waals surface area contributed by atoms with Crippen LogP contribution in [0, 0.1) is 5.92 Å². The maximum atomic E-state index is 11.7. The van der Waals surface area contributed by atoms with Crippen LogP contribution in [0.2, 0.25) is 0 Å². The minimum Gasteiger partial charge on any atom is -0.492 e. The molecule has 1 N–H and O–H groups in total. The largest absolute Gasteiger partial charge is 0.492 e. The summed E-state index contributed by atoms with van der Waals surface area (Å²) in [5.41, 5.74) is 1.16. The van der Waals surface area contributed by atoms with Crippen LogP contribution in [0.4, 0.5) is 4.79 Å².